The van der Waals surface area contributed by atoms with E-state index in [4.69, 9.17) is 9.47 Å². The zero-order valence-electron chi connectivity index (χ0n) is 15.7. The zero-order chi connectivity index (χ0) is 20.7. The Morgan fingerprint density at radius 2 is 1.79 bits per heavy atom. The lowest BCUT2D eigenvalue weighted by atomic mass is 10.1. The molecule has 8 heteroatoms. The number of carbonyl (C=O) groups excluding carboxylic acids is 3. The fourth-order valence-electron chi connectivity index (χ4n) is 2.38. The lowest BCUT2D eigenvalue weighted by Gasteiger charge is -2.13. The Hall–Kier alpha value is -3.42. The number of nitrogens with one attached hydrogen (secondary N) is 2. The molecule has 0 unspecified atom stereocenters. The van der Waals surface area contributed by atoms with Gasteiger partial charge in [-0.1, -0.05) is 12.1 Å². The summed E-state index contributed by atoms with van der Waals surface area (Å²) in [6.07, 6.45) is 0. The van der Waals surface area contributed by atoms with Crippen LogP contribution in [0.25, 0.3) is 0 Å². The molecule has 0 aliphatic heterocycles. The molecule has 0 aromatic heterocycles. The molecule has 0 fully saturated rings. The summed E-state index contributed by atoms with van der Waals surface area (Å²) in [5.41, 5.74) is 0.292. The summed E-state index contributed by atoms with van der Waals surface area (Å²) in [5, 5.41) is 5.20. The van der Waals surface area contributed by atoms with Crippen molar-refractivity contribution in [2.75, 3.05) is 19.0 Å². The molecule has 7 nitrogen and oxygen atoms in total. The van der Waals surface area contributed by atoms with Crippen LogP contribution in [0.3, 0.4) is 0 Å². The number of hydrogen-bond donors (Lipinski definition) is 2. The van der Waals surface area contributed by atoms with Crippen molar-refractivity contribution in [3.05, 3.63) is 59.4 Å². The van der Waals surface area contributed by atoms with Crippen LogP contribution < -0.4 is 15.4 Å². The Kier molecular flexibility index (Phi) is 7.08. The van der Waals surface area contributed by atoms with Crippen LogP contribution in [0.5, 0.6) is 5.75 Å². The molecule has 0 saturated heterocycles. The number of rotatable bonds is 7. The van der Waals surface area contributed by atoms with E-state index in [0.717, 1.165) is 12.1 Å². The van der Waals surface area contributed by atoms with Crippen LogP contribution in [0.4, 0.5) is 14.9 Å². The molecule has 0 aliphatic carbocycles. The van der Waals surface area contributed by atoms with Gasteiger partial charge in [0.1, 0.15) is 11.6 Å². The SMILES string of the molecule is COc1ccc(F)cc1C(=O)COC(=O)c1ccccc1NC(=O)NC(C)C. The van der Waals surface area contributed by atoms with Crippen molar-refractivity contribution in [3.63, 3.8) is 0 Å². The van der Waals surface area contributed by atoms with Crippen molar-refractivity contribution >= 4 is 23.5 Å². The fourth-order valence-corrected chi connectivity index (χ4v) is 2.38. The number of urea groups is 1. The summed E-state index contributed by atoms with van der Waals surface area (Å²) in [4.78, 5) is 36.5. The molecule has 2 rings (SSSR count). The Morgan fingerprint density at radius 3 is 2.46 bits per heavy atom. The van der Waals surface area contributed by atoms with Crippen molar-refractivity contribution in [3.8, 4) is 5.75 Å². The van der Waals surface area contributed by atoms with Gasteiger partial charge in [-0.2, -0.15) is 0 Å². The Bertz CT molecular complexity index is 883. The van der Waals surface area contributed by atoms with Gasteiger partial charge >= 0.3 is 12.0 Å². The number of ketones is 1. The number of methoxy groups -OCH3 is 1. The van der Waals surface area contributed by atoms with Gasteiger partial charge in [-0.25, -0.2) is 14.0 Å². The van der Waals surface area contributed by atoms with E-state index in [1.165, 1.54) is 25.3 Å². The molecule has 2 aromatic rings. The molecule has 2 aromatic carbocycles. The van der Waals surface area contributed by atoms with E-state index in [0.29, 0.717) is 0 Å². The summed E-state index contributed by atoms with van der Waals surface area (Å²) in [7, 11) is 1.35. The van der Waals surface area contributed by atoms with E-state index in [1.807, 2.05) is 0 Å². The summed E-state index contributed by atoms with van der Waals surface area (Å²) < 4.78 is 23.5. The number of amides is 2. The fraction of sp³-hybridized carbons (Fsp3) is 0.250. The Morgan fingerprint density at radius 1 is 1.07 bits per heavy atom. The molecule has 2 N–H and O–H groups in total. The highest BCUT2D eigenvalue weighted by molar-refractivity contribution is 6.04. The van der Waals surface area contributed by atoms with Gasteiger partial charge in [-0.15, -0.1) is 0 Å². The van der Waals surface area contributed by atoms with E-state index < -0.39 is 30.2 Å². The molecule has 0 spiro atoms. The van der Waals surface area contributed by atoms with Gasteiger partial charge in [0.25, 0.3) is 0 Å². The van der Waals surface area contributed by atoms with Crippen molar-refractivity contribution in [1.29, 1.82) is 0 Å². The summed E-state index contributed by atoms with van der Waals surface area (Å²) in [6, 6.07) is 9.16. The highest BCUT2D eigenvalue weighted by Gasteiger charge is 2.19. The second-order valence-corrected chi connectivity index (χ2v) is 6.14. The lowest BCUT2D eigenvalue weighted by molar-refractivity contribution is 0.0475. The third kappa shape index (κ3) is 5.54. The number of esters is 1. The van der Waals surface area contributed by atoms with E-state index in [2.05, 4.69) is 10.6 Å². The van der Waals surface area contributed by atoms with Gasteiger partial charge in [0.05, 0.1) is 23.9 Å². The summed E-state index contributed by atoms with van der Waals surface area (Å²) in [6.45, 7) is 2.99. The molecule has 0 aliphatic rings. The van der Waals surface area contributed by atoms with Crippen molar-refractivity contribution in [2.24, 2.45) is 0 Å². The van der Waals surface area contributed by atoms with E-state index in [1.54, 1.807) is 26.0 Å². The predicted molar refractivity (Wildman–Crippen MR) is 101 cm³/mol. The van der Waals surface area contributed by atoms with Crippen LogP contribution in [-0.2, 0) is 4.74 Å². The van der Waals surface area contributed by atoms with Crippen LogP contribution >= 0.6 is 0 Å². The average Bonchev–Trinajstić information content (AvgIpc) is 2.65. The number of carbonyl (C=O) groups is 3. The summed E-state index contributed by atoms with van der Waals surface area (Å²) in [5.74, 6) is -1.85. The number of anilines is 1. The molecule has 148 valence electrons. The van der Waals surface area contributed by atoms with Crippen molar-refractivity contribution < 1.29 is 28.2 Å². The Labute approximate surface area is 161 Å². The Balaban J connectivity index is 2.09. The largest absolute Gasteiger partial charge is 0.496 e. The standard InChI is InChI=1S/C20H21FN2O5/c1-12(2)22-20(26)23-16-7-5-4-6-14(16)19(25)28-11-17(24)15-10-13(21)8-9-18(15)27-3/h4-10,12H,11H2,1-3H3,(H2,22,23,26). The van der Waals surface area contributed by atoms with E-state index in [-0.39, 0.29) is 28.6 Å². The number of hydrogen-bond acceptors (Lipinski definition) is 5. The topological polar surface area (TPSA) is 93.7 Å². The van der Waals surface area contributed by atoms with E-state index in [9.17, 15) is 18.8 Å². The third-order valence-corrected chi connectivity index (χ3v) is 3.61. The first-order valence-corrected chi connectivity index (χ1v) is 8.52. The monoisotopic (exact) mass is 388 g/mol. The number of halogens is 1. The predicted octanol–water partition coefficient (Wildman–Crippen LogP) is 3.40. The summed E-state index contributed by atoms with van der Waals surface area (Å²) >= 11 is 0. The molecular formula is C20H21FN2O5. The smallest absolute Gasteiger partial charge is 0.340 e. The molecule has 0 heterocycles. The first-order valence-electron chi connectivity index (χ1n) is 8.52. The van der Waals surface area contributed by atoms with Gasteiger partial charge in [-0.3, -0.25) is 4.79 Å². The number of ether oxygens (including phenoxy) is 2. The average molecular weight is 388 g/mol. The van der Waals surface area contributed by atoms with Crippen LogP contribution in [0.15, 0.2) is 42.5 Å². The molecule has 0 bridgehead atoms. The second-order valence-electron chi connectivity index (χ2n) is 6.14. The maximum absolute atomic E-state index is 13.4. The molecule has 28 heavy (non-hydrogen) atoms. The second kappa shape index (κ2) is 9.50. The minimum Gasteiger partial charge on any atom is -0.496 e. The minimum atomic E-state index is -0.802. The number of Topliss-reactive ketones (excluding diaryl/α,β-unsaturated/α-hetero) is 1. The molecule has 0 atom stereocenters. The van der Waals surface area contributed by atoms with E-state index >= 15 is 0 Å². The van der Waals surface area contributed by atoms with Crippen LogP contribution in [0, 0.1) is 5.82 Å². The van der Waals surface area contributed by atoms with Gasteiger partial charge in [0.2, 0.25) is 5.78 Å². The van der Waals surface area contributed by atoms with Crippen LogP contribution in [0.2, 0.25) is 0 Å². The maximum atomic E-state index is 13.4. The highest BCUT2D eigenvalue weighted by Crippen LogP contribution is 2.21. The first kappa shape index (κ1) is 20.9. The minimum absolute atomic E-state index is 0.0296. The normalized spacial score (nSPS) is 10.3. The van der Waals surface area contributed by atoms with Crippen LogP contribution in [0.1, 0.15) is 34.6 Å². The number of para-hydroxylation sites is 1. The third-order valence-electron chi connectivity index (χ3n) is 3.61. The quantitative estimate of drug-likeness (QED) is 0.560. The first-order chi connectivity index (χ1) is 13.3. The molecular weight excluding hydrogens is 367 g/mol. The lowest BCUT2D eigenvalue weighted by Crippen LogP contribution is -2.34. The number of benzene rings is 2. The van der Waals surface area contributed by atoms with Crippen molar-refractivity contribution in [2.45, 2.75) is 19.9 Å². The van der Waals surface area contributed by atoms with Gasteiger partial charge < -0.3 is 20.1 Å². The maximum Gasteiger partial charge on any atom is 0.340 e. The molecule has 0 radical (unpaired) electrons. The van der Waals surface area contributed by atoms with Gasteiger partial charge in [-0.05, 0) is 44.2 Å². The molecule has 0 saturated carbocycles. The highest BCUT2D eigenvalue weighted by atomic mass is 19.1. The zero-order valence-corrected chi connectivity index (χ0v) is 15.7. The van der Waals surface area contributed by atoms with Crippen molar-refractivity contribution in [1.82, 2.24) is 5.32 Å². The van der Waals surface area contributed by atoms with Crippen LogP contribution in [-0.4, -0.2) is 37.5 Å². The van der Waals surface area contributed by atoms with Gasteiger partial charge in [0.15, 0.2) is 6.61 Å². The van der Waals surface area contributed by atoms with Gasteiger partial charge in [0, 0.05) is 6.04 Å². The molecule has 2 amide bonds.